The van der Waals surface area contributed by atoms with Gasteiger partial charge in [0.2, 0.25) is 0 Å². The van der Waals surface area contributed by atoms with Gasteiger partial charge in [0, 0.05) is 5.70 Å². The minimum absolute atomic E-state index is 0.162. The summed E-state index contributed by atoms with van der Waals surface area (Å²) in [7, 11) is 0. The third kappa shape index (κ3) is 2.06. The maximum atomic E-state index is 11.5. The highest BCUT2D eigenvalue weighted by Crippen LogP contribution is 2.29. The van der Waals surface area contributed by atoms with Crippen LogP contribution in [0.1, 0.15) is 32.1 Å². The maximum Gasteiger partial charge on any atom is 0.414 e. The standard InChI is InChI=1S/C12H17NO2/c1-2-3-4-6-10-7-5-8-11-9-15-12(14)13(10)11/h2,7,11H,1,3-6,8-9H2/t11-/m0/s1. The van der Waals surface area contributed by atoms with Crippen LogP contribution in [0.5, 0.6) is 0 Å². The van der Waals surface area contributed by atoms with Gasteiger partial charge < -0.3 is 4.74 Å². The number of amides is 1. The molecule has 3 nitrogen and oxygen atoms in total. The van der Waals surface area contributed by atoms with Crippen molar-refractivity contribution < 1.29 is 9.53 Å². The quantitative estimate of drug-likeness (QED) is 0.524. The maximum absolute atomic E-state index is 11.5. The lowest BCUT2D eigenvalue weighted by Gasteiger charge is -2.27. The van der Waals surface area contributed by atoms with Gasteiger partial charge in [0.1, 0.15) is 6.61 Å². The first-order valence-electron chi connectivity index (χ1n) is 5.59. The first kappa shape index (κ1) is 10.3. The number of carbonyl (C=O) groups is 1. The van der Waals surface area contributed by atoms with E-state index in [2.05, 4.69) is 12.7 Å². The Bertz CT molecular complexity index is 296. The lowest BCUT2D eigenvalue weighted by molar-refractivity contribution is 0.163. The third-order valence-corrected chi connectivity index (χ3v) is 2.99. The Morgan fingerprint density at radius 1 is 1.67 bits per heavy atom. The van der Waals surface area contributed by atoms with Crippen LogP contribution in [0.25, 0.3) is 0 Å². The molecule has 1 saturated heterocycles. The molecule has 82 valence electrons. The van der Waals surface area contributed by atoms with Crippen molar-refractivity contribution in [1.82, 2.24) is 4.90 Å². The molecule has 0 N–H and O–H groups in total. The van der Waals surface area contributed by atoms with Gasteiger partial charge in [-0.05, 0) is 32.1 Å². The van der Waals surface area contributed by atoms with E-state index in [1.807, 2.05) is 11.0 Å². The zero-order valence-corrected chi connectivity index (χ0v) is 8.95. The second-order valence-corrected chi connectivity index (χ2v) is 4.05. The van der Waals surface area contributed by atoms with Crippen molar-refractivity contribution in [1.29, 1.82) is 0 Å². The number of ether oxygens (including phenoxy) is 1. The summed E-state index contributed by atoms with van der Waals surface area (Å²) < 4.78 is 5.06. The molecule has 2 rings (SSSR count). The zero-order valence-electron chi connectivity index (χ0n) is 8.95. The molecule has 1 atom stereocenters. The summed E-state index contributed by atoms with van der Waals surface area (Å²) in [5, 5.41) is 0. The van der Waals surface area contributed by atoms with Gasteiger partial charge >= 0.3 is 6.09 Å². The van der Waals surface area contributed by atoms with Gasteiger partial charge in [0.25, 0.3) is 0 Å². The molecule has 0 saturated carbocycles. The van der Waals surface area contributed by atoms with Crippen molar-refractivity contribution in [2.24, 2.45) is 0 Å². The molecular formula is C12H17NO2. The summed E-state index contributed by atoms with van der Waals surface area (Å²) in [5.74, 6) is 0. The van der Waals surface area contributed by atoms with E-state index in [-0.39, 0.29) is 6.09 Å². The molecule has 3 heteroatoms. The second-order valence-electron chi connectivity index (χ2n) is 4.05. The summed E-state index contributed by atoms with van der Waals surface area (Å²) in [5.41, 5.74) is 1.15. The number of hydrogen-bond acceptors (Lipinski definition) is 2. The van der Waals surface area contributed by atoms with E-state index >= 15 is 0 Å². The number of hydrogen-bond donors (Lipinski definition) is 0. The predicted molar refractivity (Wildman–Crippen MR) is 58.3 cm³/mol. The molecule has 2 aliphatic heterocycles. The van der Waals surface area contributed by atoms with Crippen molar-refractivity contribution in [3.8, 4) is 0 Å². The van der Waals surface area contributed by atoms with Crippen LogP contribution in [-0.2, 0) is 4.74 Å². The molecule has 15 heavy (non-hydrogen) atoms. The fourth-order valence-electron chi connectivity index (χ4n) is 2.22. The molecule has 2 aliphatic rings. The van der Waals surface area contributed by atoms with Crippen LogP contribution in [0.15, 0.2) is 24.4 Å². The number of allylic oxidation sites excluding steroid dienone is 3. The van der Waals surface area contributed by atoms with Crippen LogP contribution in [0.4, 0.5) is 4.79 Å². The molecule has 0 spiro atoms. The first-order valence-corrected chi connectivity index (χ1v) is 5.59. The molecule has 0 radical (unpaired) electrons. The normalized spacial score (nSPS) is 24.5. The predicted octanol–water partition coefficient (Wildman–Crippen LogP) is 2.84. The number of unbranched alkanes of at least 4 members (excludes halogenated alkanes) is 1. The molecule has 2 heterocycles. The average Bonchev–Trinajstić information content (AvgIpc) is 2.62. The summed E-state index contributed by atoms with van der Waals surface area (Å²) in [6, 6.07) is 0.293. The Kier molecular flexibility index (Phi) is 3.09. The third-order valence-electron chi connectivity index (χ3n) is 2.99. The Balaban J connectivity index is 1.99. The lowest BCUT2D eigenvalue weighted by atomic mass is 10.0. The van der Waals surface area contributed by atoms with Crippen molar-refractivity contribution in [2.75, 3.05) is 6.61 Å². The molecule has 0 aromatic carbocycles. The Labute approximate surface area is 90.4 Å². The monoisotopic (exact) mass is 207 g/mol. The molecule has 0 aromatic heterocycles. The zero-order chi connectivity index (χ0) is 10.7. The van der Waals surface area contributed by atoms with E-state index in [4.69, 9.17) is 4.74 Å². The van der Waals surface area contributed by atoms with Crippen molar-refractivity contribution in [3.05, 3.63) is 24.4 Å². The van der Waals surface area contributed by atoms with Crippen LogP contribution in [0.3, 0.4) is 0 Å². The van der Waals surface area contributed by atoms with Crippen molar-refractivity contribution in [2.45, 2.75) is 38.1 Å². The van der Waals surface area contributed by atoms with Gasteiger partial charge in [0.15, 0.2) is 0 Å². The molecule has 0 aliphatic carbocycles. The van der Waals surface area contributed by atoms with Crippen LogP contribution in [0.2, 0.25) is 0 Å². The number of rotatable bonds is 4. The SMILES string of the molecule is C=CCCCC1=CCC[C@H]2COC(=O)N12. The smallest absolute Gasteiger partial charge is 0.414 e. The van der Waals surface area contributed by atoms with E-state index in [9.17, 15) is 4.79 Å². The Hall–Kier alpha value is -1.25. The number of carbonyl (C=O) groups excluding carboxylic acids is 1. The van der Waals surface area contributed by atoms with Gasteiger partial charge in [-0.25, -0.2) is 4.79 Å². The van der Waals surface area contributed by atoms with Gasteiger partial charge in [-0.2, -0.15) is 0 Å². The van der Waals surface area contributed by atoms with Crippen LogP contribution < -0.4 is 0 Å². The van der Waals surface area contributed by atoms with Crippen LogP contribution in [-0.4, -0.2) is 23.6 Å². The summed E-state index contributed by atoms with van der Waals surface area (Å²) >= 11 is 0. The van der Waals surface area contributed by atoms with E-state index in [0.29, 0.717) is 12.6 Å². The van der Waals surface area contributed by atoms with E-state index in [1.165, 1.54) is 0 Å². The Morgan fingerprint density at radius 2 is 2.53 bits per heavy atom. The van der Waals surface area contributed by atoms with Gasteiger partial charge in [0.05, 0.1) is 6.04 Å². The molecule has 0 unspecified atom stereocenters. The van der Waals surface area contributed by atoms with Crippen molar-refractivity contribution >= 4 is 6.09 Å². The number of nitrogens with zero attached hydrogens (tertiary/aromatic N) is 1. The van der Waals surface area contributed by atoms with Crippen molar-refractivity contribution in [3.63, 3.8) is 0 Å². The highest BCUT2D eigenvalue weighted by Gasteiger charge is 2.36. The summed E-state index contributed by atoms with van der Waals surface area (Å²) in [6.07, 6.45) is 9.06. The first-order chi connectivity index (χ1) is 7.33. The highest BCUT2D eigenvalue weighted by atomic mass is 16.6. The summed E-state index contributed by atoms with van der Waals surface area (Å²) in [6.45, 7) is 4.27. The fraction of sp³-hybridized carbons (Fsp3) is 0.583. The fourth-order valence-corrected chi connectivity index (χ4v) is 2.22. The molecule has 0 aromatic rings. The Morgan fingerprint density at radius 3 is 3.33 bits per heavy atom. The van der Waals surface area contributed by atoms with Crippen LogP contribution in [0, 0.1) is 0 Å². The highest BCUT2D eigenvalue weighted by molar-refractivity contribution is 5.72. The second kappa shape index (κ2) is 4.51. The molecule has 0 bridgehead atoms. The number of cyclic esters (lactones) is 1. The molecular weight excluding hydrogens is 190 g/mol. The van der Waals surface area contributed by atoms with Gasteiger partial charge in [-0.1, -0.05) is 12.2 Å². The molecule has 1 fully saturated rings. The van der Waals surface area contributed by atoms with Crippen LogP contribution >= 0.6 is 0 Å². The average molecular weight is 207 g/mol. The van der Waals surface area contributed by atoms with Gasteiger partial charge in [-0.3, -0.25) is 4.90 Å². The minimum Gasteiger partial charge on any atom is -0.447 e. The molecule has 1 amide bonds. The topological polar surface area (TPSA) is 29.5 Å². The van der Waals surface area contributed by atoms with E-state index in [1.54, 1.807) is 0 Å². The minimum atomic E-state index is -0.162. The van der Waals surface area contributed by atoms with E-state index in [0.717, 1.165) is 37.8 Å². The number of fused-ring (bicyclic) bond motifs is 1. The van der Waals surface area contributed by atoms with E-state index < -0.39 is 0 Å². The largest absolute Gasteiger partial charge is 0.447 e. The summed E-state index contributed by atoms with van der Waals surface area (Å²) in [4.78, 5) is 13.3. The van der Waals surface area contributed by atoms with Gasteiger partial charge in [-0.15, -0.1) is 6.58 Å². The lowest BCUT2D eigenvalue weighted by Crippen LogP contribution is -2.35.